The van der Waals surface area contributed by atoms with Crippen molar-refractivity contribution in [3.05, 3.63) is 10.2 Å². The summed E-state index contributed by atoms with van der Waals surface area (Å²) >= 11 is 1.98. The maximum atomic E-state index is 12.1. The van der Waals surface area contributed by atoms with Crippen molar-refractivity contribution in [3.63, 3.8) is 0 Å². The van der Waals surface area contributed by atoms with Gasteiger partial charge in [0.15, 0.2) is 20.8 Å². The van der Waals surface area contributed by atoms with Crippen LogP contribution < -0.4 is 5.32 Å². The fourth-order valence-electron chi connectivity index (χ4n) is 4.64. The lowest BCUT2D eigenvalue weighted by molar-refractivity contribution is 0.323. The number of hydrogen-bond donors (Lipinski definition) is 5. The molecule has 4 unspecified atom stereocenters. The van der Waals surface area contributed by atoms with Crippen LogP contribution in [0.25, 0.3) is 11.2 Å². The second-order valence-electron chi connectivity index (χ2n) is 7.19. The van der Waals surface area contributed by atoms with Gasteiger partial charge in [-0.2, -0.15) is 0 Å². The van der Waals surface area contributed by atoms with E-state index in [1.165, 1.54) is 0 Å². The van der Waals surface area contributed by atoms with Gasteiger partial charge in [0.2, 0.25) is 0 Å². The molecule has 27 heavy (non-hydrogen) atoms. The van der Waals surface area contributed by atoms with Gasteiger partial charge in [0.1, 0.15) is 0 Å². The van der Waals surface area contributed by atoms with E-state index in [9.17, 15) is 28.7 Å². The zero-order valence-corrected chi connectivity index (χ0v) is 18.0. The Bertz CT molecular complexity index is 1020. The molecule has 4 atom stereocenters. The first-order valence-corrected chi connectivity index (χ1v) is 12.7. The highest BCUT2D eigenvalue weighted by molar-refractivity contribution is 14.1. The smallest absolute Gasteiger partial charge is 0.329 e. The summed E-state index contributed by atoms with van der Waals surface area (Å²) in [5, 5.41) is 2.95. The van der Waals surface area contributed by atoms with E-state index in [0.717, 1.165) is 0 Å². The highest BCUT2D eigenvalue weighted by Gasteiger charge is 2.72. The number of anilines is 1. The number of nitrogens with one attached hydrogen (secondary N) is 1. The predicted octanol–water partition coefficient (Wildman–Crippen LogP) is 1.15. The Balaban J connectivity index is 1.79. The topological polar surface area (TPSA) is 171 Å². The van der Waals surface area contributed by atoms with E-state index in [2.05, 4.69) is 20.3 Å². The molecule has 4 rings (SSSR count). The summed E-state index contributed by atoms with van der Waals surface area (Å²) in [6.45, 7) is 0. The fourth-order valence-corrected chi connectivity index (χ4v) is 8.15. The summed E-state index contributed by atoms with van der Waals surface area (Å²) in [5.41, 5.74) is -1.06. The van der Waals surface area contributed by atoms with Crippen molar-refractivity contribution in [1.29, 1.82) is 0 Å². The van der Waals surface area contributed by atoms with Crippen LogP contribution in [0.1, 0.15) is 18.9 Å². The molecule has 0 aromatic carbocycles. The van der Waals surface area contributed by atoms with Crippen molar-refractivity contribution in [2.45, 2.75) is 24.5 Å². The molecule has 2 aromatic heterocycles. The molecule has 2 aromatic rings. The van der Waals surface area contributed by atoms with Crippen LogP contribution in [0.5, 0.6) is 0 Å². The van der Waals surface area contributed by atoms with E-state index in [-0.39, 0.29) is 18.4 Å². The molecule has 2 saturated carbocycles. The van der Waals surface area contributed by atoms with E-state index in [4.69, 9.17) is 0 Å². The molecule has 5 N–H and O–H groups in total. The normalized spacial score (nSPS) is 30.5. The maximum absolute atomic E-state index is 12.1. The Morgan fingerprint density at radius 2 is 2.04 bits per heavy atom. The Kier molecular flexibility index (Phi) is 4.51. The minimum Gasteiger partial charge on any atom is -0.371 e. The highest BCUT2D eigenvalue weighted by atomic mass is 127. The molecule has 0 saturated heterocycles. The fraction of sp³-hybridized carbons (Fsp3) is 0.615. The molecular formula is C13H18IN5O6P2. The van der Waals surface area contributed by atoms with Crippen molar-refractivity contribution < 1.29 is 28.7 Å². The molecule has 0 aliphatic heterocycles. The Morgan fingerprint density at radius 3 is 2.63 bits per heavy atom. The van der Waals surface area contributed by atoms with Crippen molar-refractivity contribution in [1.82, 2.24) is 19.5 Å². The van der Waals surface area contributed by atoms with Crippen molar-refractivity contribution in [3.8, 4) is 0 Å². The van der Waals surface area contributed by atoms with Crippen molar-refractivity contribution in [2.24, 2.45) is 11.3 Å². The van der Waals surface area contributed by atoms with Gasteiger partial charge in [0.05, 0.1) is 18.1 Å². The van der Waals surface area contributed by atoms with E-state index in [0.29, 0.717) is 27.2 Å². The number of nitrogens with zero attached hydrogens (tertiary/aromatic N) is 4. The monoisotopic (exact) mass is 529 g/mol. The molecule has 0 amide bonds. The Labute approximate surface area is 167 Å². The Morgan fingerprint density at radius 1 is 1.33 bits per heavy atom. The second kappa shape index (κ2) is 6.19. The van der Waals surface area contributed by atoms with Crippen LogP contribution >= 0.6 is 37.8 Å². The van der Waals surface area contributed by atoms with Gasteiger partial charge in [-0.05, 0) is 18.8 Å². The van der Waals surface area contributed by atoms with Gasteiger partial charge >= 0.3 is 15.2 Å². The van der Waals surface area contributed by atoms with Gasteiger partial charge < -0.3 is 29.5 Å². The van der Waals surface area contributed by atoms with Crippen LogP contribution in [0.3, 0.4) is 0 Å². The molecule has 0 radical (unpaired) electrons. The first kappa shape index (κ1) is 19.7. The molecule has 2 aliphatic carbocycles. The average Bonchev–Trinajstić information content (AvgIpc) is 2.91. The van der Waals surface area contributed by atoms with Gasteiger partial charge in [-0.3, -0.25) is 9.13 Å². The van der Waals surface area contributed by atoms with Crippen molar-refractivity contribution in [2.75, 3.05) is 18.5 Å². The largest absolute Gasteiger partial charge is 0.371 e. The molecule has 2 aliphatic rings. The van der Waals surface area contributed by atoms with Crippen LogP contribution in [0.15, 0.2) is 6.33 Å². The third-order valence-corrected chi connectivity index (χ3v) is 8.69. The van der Waals surface area contributed by atoms with Gasteiger partial charge in [-0.15, -0.1) is 0 Å². The number of hydrogen-bond acceptors (Lipinski definition) is 6. The van der Waals surface area contributed by atoms with Crippen LogP contribution in [0.2, 0.25) is 0 Å². The van der Waals surface area contributed by atoms with Crippen LogP contribution in [-0.4, -0.2) is 58.0 Å². The van der Waals surface area contributed by atoms with E-state index >= 15 is 0 Å². The van der Waals surface area contributed by atoms with Crippen molar-refractivity contribution >= 4 is 54.8 Å². The lowest BCUT2D eigenvalue weighted by Crippen LogP contribution is -2.23. The minimum atomic E-state index is -4.53. The third kappa shape index (κ3) is 3.25. The van der Waals surface area contributed by atoms with Crippen LogP contribution in [-0.2, 0) is 9.13 Å². The molecular weight excluding hydrogens is 511 g/mol. The lowest BCUT2D eigenvalue weighted by Gasteiger charge is -2.24. The summed E-state index contributed by atoms with van der Waals surface area (Å²) in [6, 6.07) is -0.338. The average molecular weight is 529 g/mol. The molecule has 14 heteroatoms. The molecule has 11 nitrogen and oxygen atoms in total. The first-order valence-electron chi connectivity index (χ1n) is 8.14. The number of fused-ring (bicyclic) bond motifs is 2. The summed E-state index contributed by atoms with van der Waals surface area (Å²) in [6.07, 6.45) is 1.52. The number of imidazole rings is 1. The zero-order chi connectivity index (χ0) is 19.8. The number of aromatic nitrogens is 4. The van der Waals surface area contributed by atoms with Gasteiger partial charge in [0.25, 0.3) is 0 Å². The van der Waals surface area contributed by atoms with E-state index in [1.54, 1.807) is 17.9 Å². The SMILES string of the molecule is CNc1nc(I)nc2c1ncn2C1CC(P(=O)(O)O)C2(CP(=O)(O)O)CC12. The molecule has 2 fully saturated rings. The van der Waals surface area contributed by atoms with Gasteiger partial charge in [-0.1, -0.05) is 0 Å². The third-order valence-electron chi connectivity index (χ3n) is 5.67. The predicted molar refractivity (Wildman–Crippen MR) is 105 cm³/mol. The van der Waals surface area contributed by atoms with Crippen LogP contribution in [0.4, 0.5) is 5.82 Å². The van der Waals surface area contributed by atoms with E-state index in [1.807, 2.05) is 22.6 Å². The van der Waals surface area contributed by atoms with Gasteiger partial charge in [-0.25, -0.2) is 15.0 Å². The summed E-state index contributed by atoms with van der Waals surface area (Å²) in [5.74, 6) is 0.302. The first-order chi connectivity index (χ1) is 12.5. The summed E-state index contributed by atoms with van der Waals surface area (Å²) < 4.78 is 26.0. The maximum Gasteiger partial charge on any atom is 0.329 e. The zero-order valence-electron chi connectivity index (χ0n) is 14.1. The minimum absolute atomic E-state index is 0.121. The Hall–Kier alpha value is -0.620. The second-order valence-corrected chi connectivity index (χ2v) is 11.6. The highest BCUT2D eigenvalue weighted by Crippen LogP contribution is 2.77. The summed E-state index contributed by atoms with van der Waals surface area (Å²) in [7, 11) is -7.24. The lowest BCUT2D eigenvalue weighted by atomic mass is 10.1. The molecule has 148 valence electrons. The molecule has 0 spiro atoms. The number of rotatable bonds is 5. The van der Waals surface area contributed by atoms with Crippen LogP contribution in [0, 0.1) is 15.2 Å². The van der Waals surface area contributed by atoms with E-state index < -0.39 is 32.4 Å². The molecule has 0 bridgehead atoms. The quantitative estimate of drug-likeness (QED) is 0.215. The van der Waals surface area contributed by atoms with Gasteiger partial charge in [0, 0.05) is 41.1 Å². The molecule has 2 heterocycles. The number of halogens is 1. The summed E-state index contributed by atoms with van der Waals surface area (Å²) in [4.78, 5) is 51.6. The standard InChI is InChI=1S/C13H18IN5O6P2/c1-15-10-9-11(18-12(14)17-10)19(5-16-9)7-2-8(27(23,24)25)13(3-6(7)13)4-26(20,21)22/h5-8H,2-4H2,1H3,(H,15,17,18)(H2,20,21,22)(H2,23,24,25).